The smallest absolute Gasteiger partial charge is 0.103 e. The first kappa shape index (κ1) is 4.85. The van der Waals surface area contributed by atoms with E-state index in [1.165, 1.54) is 6.42 Å². The Morgan fingerprint density at radius 3 is 2.86 bits per heavy atom. The molecular weight excluding hydrogens is 88.1 g/mol. The van der Waals surface area contributed by atoms with E-state index in [0.29, 0.717) is 0 Å². The van der Waals surface area contributed by atoms with Gasteiger partial charge in [-0.05, 0) is 24.8 Å². The summed E-state index contributed by atoms with van der Waals surface area (Å²) >= 11 is 0. The van der Waals surface area contributed by atoms with E-state index in [0.717, 1.165) is 18.4 Å². The van der Waals surface area contributed by atoms with E-state index in [9.17, 15) is 5.11 Å². The average Bonchev–Trinajstić information content (AvgIpc) is 2.14. The molecule has 0 N–H and O–H groups in total. The summed E-state index contributed by atoms with van der Waals surface area (Å²) in [7, 11) is 0. The maximum atomic E-state index is 10.1. The Kier molecular flexibility index (Phi) is 1.47. The molecule has 7 heavy (non-hydrogen) atoms. The highest BCUT2D eigenvalue weighted by Gasteiger charge is 2.01. The van der Waals surface area contributed by atoms with Crippen molar-refractivity contribution in [1.29, 1.82) is 0 Å². The lowest BCUT2D eigenvalue weighted by molar-refractivity contribution is 0.221. The first-order valence-corrected chi connectivity index (χ1v) is 2.69. The van der Waals surface area contributed by atoms with Gasteiger partial charge in [-0.15, -0.1) is 0 Å². The molecule has 0 aromatic heterocycles. The van der Waals surface area contributed by atoms with Gasteiger partial charge in [0.05, 0.1) is 0 Å². The van der Waals surface area contributed by atoms with E-state index in [4.69, 9.17) is 0 Å². The van der Waals surface area contributed by atoms with Crippen LogP contribution in [0.3, 0.4) is 0 Å². The van der Waals surface area contributed by atoms with Crippen molar-refractivity contribution in [3.63, 3.8) is 0 Å². The Balaban J connectivity index is 2.36. The summed E-state index contributed by atoms with van der Waals surface area (Å²) in [6.45, 7) is 0.0278. The van der Waals surface area contributed by atoms with E-state index in [1.54, 1.807) is 0 Å². The van der Waals surface area contributed by atoms with Crippen LogP contribution in [0.1, 0.15) is 19.3 Å². The third kappa shape index (κ3) is 1.03. The number of hydrogen-bond donors (Lipinski definition) is 0. The second-order valence-electron chi connectivity index (χ2n) is 1.90. The van der Waals surface area contributed by atoms with Crippen LogP contribution in [0.15, 0.2) is 11.6 Å². The molecule has 1 aliphatic carbocycles. The van der Waals surface area contributed by atoms with Crippen molar-refractivity contribution >= 4 is 0 Å². The minimum atomic E-state index is 0.0278. The fourth-order valence-corrected chi connectivity index (χ4v) is 0.868. The van der Waals surface area contributed by atoms with E-state index >= 15 is 0 Å². The lowest BCUT2D eigenvalue weighted by Gasteiger charge is -1.86. The van der Waals surface area contributed by atoms with Gasteiger partial charge in [0, 0.05) is 0 Å². The highest BCUT2D eigenvalue weighted by Crippen LogP contribution is 2.15. The maximum Gasteiger partial charge on any atom is 0.103 e. The molecular formula is C6H9O. The summed E-state index contributed by atoms with van der Waals surface area (Å²) in [5, 5.41) is 10.1. The Morgan fingerprint density at radius 1 is 1.71 bits per heavy atom. The number of rotatable bonds is 1. The van der Waals surface area contributed by atoms with Crippen LogP contribution in [0.5, 0.6) is 0 Å². The third-order valence-corrected chi connectivity index (χ3v) is 1.32. The summed E-state index contributed by atoms with van der Waals surface area (Å²) in [6.07, 6.45) is 5.46. The molecule has 1 aliphatic rings. The lowest BCUT2D eigenvalue weighted by Crippen LogP contribution is -1.80. The zero-order chi connectivity index (χ0) is 5.11. The fraction of sp³-hybridized carbons (Fsp3) is 0.667. The first-order chi connectivity index (χ1) is 3.43. The van der Waals surface area contributed by atoms with Crippen molar-refractivity contribution in [2.45, 2.75) is 19.3 Å². The second-order valence-corrected chi connectivity index (χ2v) is 1.90. The summed E-state index contributed by atoms with van der Waals surface area (Å²) in [6, 6.07) is 0. The molecule has 39 valence electrons. The van der Waals surface area contributed by atoms with Gasteiger partial charge in [0.15, 0.2) is 0 Å². The van der Waals surface area contributed by atoms with Crippen LogP contribution in [0.4, 0.5) is 0 Å². The van der Waals surface area contributed by atoms with Crippen molar-refractivity contribution in [2.75, 3.05) is 6.61 Å². The molecule has 0 spiro atoms. The minimum absolute atomic E-state index is 0.0278. The molecule has 0 atom stereocenters. The van der Waals surface area contributed by atoms with Gasteiger partial charge in [0.2, 0.25) is 0 Å². The van der Waals surface area contributed by atoms with Crippen LogP contribution in [-0.4, -0.2) is 6.61 Å². The summed E-state index contributed by atoms with van der Waals surface area (Å²) in [5.41, 5.74) is 1.11. The van der Waals surface area contributed by atoms with E-state index in [2.05, 4.69) is 6.08 Å². The van der Waals surface area contributed by atoms with E-state index in [-0.39, 0.29) is 6.61 Å². The average molecular weight is 97.1 g/mol. The Morgan fingerprint density at radius 2 is 2.57 bits per heavy atom. The molecule has 1 radical (unpaired) electrons. The molecule has 1 nitrogen and oxygen atoms in total. The molecule has 0 aromatic rings. The topological polar surface area (TPSA) is 19.9 Å². The molecule has 0 unspecified atom stereocenters. The van der Waals surface area contributed by atoms with Crippen molar-refractivity contribution in [2.24, 2.45) is 0 Å². The number of hydrogen-bond acceptors (Lipinski definition) is 0. The van der Waals surface area contributed by atoms with Crippen LogP contribution in [0.2, 0.25) is 0 Å². The molecule has 0 fully saturated rings. The van der Waals surface area contributed by atoms with Crippen molar-refractivity contribution < 1.29 is 5.11 Å². The highest BCUT2D eigenvalue weighted by molar-refractivity contribution is 5.06. The normalized spacial score (nSPS) is 19.9. The third-order valence-electron chi connectivity index (χ3n) is 1.32. The Labute approximate surface area is 43.7 Å². The molecule has 0 bridgehead atoms. The zero-order valence-electron chi connectivity index (χ0n) is 4.31. The van der Waals surface area contributed by atoms with E-state index < -0.39 is 0 Å². The van der Waals surface area contributed by atoms with Gasteiger partial charge >= 0.3 is 0 Å². The standard InChI is InChI=1S/C6H9O/c7-5-6-3-1-2-4-6/h3H,1-2,4-5H2. The van der Waals surface area contributed by atoms with Gasteiger partial charge in [-0.25, -0.2) is 5.11 Å². The van der Waals surface area contributed by atoms with Crippen LogP contribution in [0, 0.1) is 0 Å². The Bertz CT molecular complexity index is 84.2. The predicted octanol–water partition coefficient (Wildman–Crippen LogP) is 1.53. The van der Waals surface area contributed by atoms with E-state index in [1.807, 2.05) is 0 Å². The summed E-state index contributed by atoms with van der Waals surface area (Å²) in [4.78, 5) is 0. The van der Waals surface area contributed by atoms with Crippen LogP contribution in [0.25, 0.3) is 0 Å². The van der Waals surface area contributed by atoms with Crippen LogP contribution >= 0.6 is 0 Å². The first-order valence-electron chi connectivity index (χ1n) is 2.69. The highest BCUT2D eigenvalue weighted by atomic mass is 16.3. The Hall–Kier alpha value is -0.300. The van der Waals surface area contributed by atoms with Gasteiger partial charge in [-0.1, -0.05) is 6.08 Å². The molecule has 1 heteroatoms. The monoisotopic (exact) mass is 97.1 g/mol. The molecule has 0 saturated heterocycles. The predicted molar refractivity (Wildman–Crippen MR) is 27.5 cm³/mol. The van der Waals surface area contributed by atoms with Gasteiger partial charge < -0.3 is 0 Å². The molecule has 1 rings (SSSR count). The molecule has 0 saturated carbocycles. The number of allylic oxidation sites excluding steroid dienone is 1. The minimum Gasteiger partial charge on any atom is -0.232 e. The summed E-state index contributed by atoms with van der Waals surface area (Å²) in [5.74, 6) is 0. The lowest BCUT2D eigenvalue weighted by atomic mass is 10.2. The van der Waals surface area contributed by atoms with Crippen molar-refractivity contribution in [3.05, 3.63) is 11.6 Å². The SMILES string of the molecule is [O]CC1=CCCC1. The summed E-state index contributed by atoms with van der Waals surface area (Å²) < 4.78 is 0. The molecule has 0 aliphatic heterocycles. The molecule has 0 aromatic carbocycles. The largest absolute Gasteiger partial charge is 0.232 e. The molecule has 0 heterocycles. The van der Waals surface area contributed by atoms with Crippen LogP contribution < -0.4 is 0 Å². The van der Waals surface area contributed by atoms with Crippen LogP contribution in [-0.2, 0) is 5.11 Å². The van der Waals surface area contributed by atoms with Crippen molar-refractivity contribution in [1.82, 2.24) is 0 Å². The quantitative estimate of drug-likeness (QED) is 0.442. The van der Waals surface area contributed by atoms with Gasteiger partial charge in [0.1, 0.15) is 6.61 Å². The second kappa shape index (κ2) is 2.12. The van der Waals surface area contributed by atoms with Gasteiger partial charge in [-0.2, -0.15) is 0 Å². The fourth-order valence-electron chi connectivity index (χ4n) is 0.868. The molecule has 0 amide bonds. The maximum absolute atomic E-state index is 10.1. The zero-order valence-corrected chi connectivity index (χ0v) is 4.31. The van der Waals surface area contributed by atoms with Crippen molar-refractivity contribution in [3.8, 4) is 0 Å². The van der Waals surface area contributed by atoms with Gasteiger partial charge in [-0.3, -0.25) is 0 Å². The van der Waals surface area contributed by atoms with Gasteiger partial charge in [0.25, 0.3) is 0 Å².